The Balaban J connectivity index is 1.87. The molecule has 0 radical (unpaired) electrons. The number of nitriles is 1. The Morgan fingerprint density at radius 2 is 1.97 bits per heavy atom. The van der Waals surface area contributed by atoms with Crippen molar-refractivity contribution >= 4 is 23.4 Å². The molecule has 7 heteroatoms. The average Bonchev–Trinajstić information content (AvgIpc) is 2.95. The topological polar surface area (TPSA) is 93.5 Å². The van der Waals surface area contributed by atoms with Gasteiger partial charge in [0.1, 0.15) is 11.6 Å². The number of nitrogens with one attached hydrogen (secondary N) is 1. The van der Waals surface area contributed by atoms with E-state index in [1.807, 2.05) is 12.1 Å². The van der Waals surface area contributed by atoms with Crippen molar-refractivity contribution in [3.8, 4) is 6.07 Å². The van der Waals surface area contributed by atoms with Crippen LogP contribution in [0.3, 0.4) is 0 Å². The number of benzene rings is 1. The lowest BCUT2D eigenvalue weighted by Crippen LogP contribution is -2.43. The van der Waals surface area contributed by atoms with Gasteiger partial charge in [-0.2, -0.15) is 5.26 Å². The molecule has 31 heavy (non-hydrogen) atoms. The first-order valence-electron chi connectivity index (χ1n) is 10.3. The van der Waals surface area contributed by atoms with Gasteiger partial charge in [-0.05, 0) is 36.1 Å². The molecule has 0 aromatic heterocycles. The Hall–Kier alpha value is -3.66. The highest BCUT2D eigenvalue weighted by molar-refractivity contribution is 6.18. The van der Waals surface area contributed by atoms with Crippen LogP contribution in [0, 0.1) is 11.3 Å². The molecule has 7 nitrogen and oxygen atoms in total. The molecule has 3 aliphatic rings. The Labute approximate surface area is 181 Å². The van der Waals surface area contributed by atoms with Gasteiger partial charge in [-0.15, -0.1) is 0 Å². The van der Waals surface area contributed by atoms with Crippen LogP contribution in [0.15, 0.2) is 52.9 Å². The van der Waals surface area contributed by atoms with Crippen molar-refractivity contribution in [2.45, 2.75) is 39.0 Å². The van der Waals surface area contributed by atoms with Gasteiger partial charge in [-0.1, -0.05) is 32.0 Å². The summed E-state index contributed by atoms with van der Waals surface area (Å²) in [4.78, 5) is 40.2. The SMILES string of the molecule is CC(=O)NC1=C(C#N)C(=O)N(C)C(=O)C1=CC=C1N2CCCc3cccc(c32)C1(C)C. The van der Waals surface area contributed by atoms with Gasteiger partial charge < -0.3 is 10.2 Å². The Kier molecular flexibility index (Phi) is 4.81. The molecule has 0 aliphatic carbocycles. The molecule has 3 amide bonds. The Bertz CT molecular complexity index is 1160. The van der Waals surface area contributed by atoms with Gasteiger partial charge in [0, 0.05) is 37.3 Å². The maximum atomic E-state index is 12.9. The molecule has 3 aliphatic heterocycles. The monoisotopic (exact) mass is 416 g/mol. The molecular weight excluding hydrogens is 392 g/mol. The number of hydrogen-bond donors (Lipinski definition) is 1. The van der Waals surface area contributed by atoms with Crippen LogP contribution in [-0.2, 0) is 26.2 Å². The van der Waals surface area contributed by atoms with Crippen molar-refractivity contribution in [3.05, 3.63) is 64.0 Å². The first-order valence-corrected chi connectivity index (χ1v) is 10.3. The lowest BCUT2D eigenvalue weighted by atomic mass is 9.83. The maximum Gasteiger partial charge on any atom is 0.273 e. The minimum absolute atomic E-state index is 0.0346. The van der Waals surface area contributed by atoms with Gasteiger partial charge in [0.2, 0.25) is 5.91 Å². The van der Waals surface area contributed by atoms with Crippen LogP contribution < -0.4 is 10.2 Å². The normalized spacial score (nSPS) is 22.2. The lowest BCUT2D eigenvalue weighted by molar-refractivity contribution is -0.138. The predicted molar refractivity (Wildman–Crippen MR) is 116 cm³/mol. The van der Waals surface area contributed by atoms with Crippen molar-refractivity contribution in [1.29, 1.82) is 5.26 Å². The second-order valence-electron chi connectivity index (χ2n) is 8.54. The number of amides is 3. The first kappa shape index (κ1) is 20.6. The lowest BCUT2D eigenvalue weighted by Gasteiger charge is -2.30. The molecule has 0 fully saturated rings. The number of rotatable bonds is 2. The molecule has 0 saturated carbocycles. The third-order valence-electron chi connectivity index (χ3n) is 6.22. The summed E-state index contributed by atoms with van der Waals surface area (Å²) in [6, 6.07) is 8.22. The van der Waals surface area contributed by atoms with E-state index in [4.69, 9.17) is 0 Å². The van der Waals surface area contributed by atoms with Gasteiger partial charge in [0.05, 0.1) is 11.3 Å². The Morgan fingerprint density at radius 3 is 2.65 bits per heavy atom. The van der Waals surface area contributed by atoms with Crippen molar-refractivity contribution in [2.24, 2.45) is 0 Å². The van der Waals surface area contributed by atoms with E-state index in [-0.39, 0.29) is 22.3 Å². The summed E-state index contributed by atoms with van der Waals surface area (Å²) in [6.07, 6.45) is 5.57. The second-order valence-corrected chi connectivity index (χ2v) is 8.54. The highest BCUT2D eigenvalue weighted by atomic mass is 16.2. The van der Waals surface area contributed by atoms with Crippen LogP contribution in [0.5, 0.6) is 0 Å². The van der Waals surface area contributed by atoms with Gasteiger partial charge in [0.15, 0.2) is 0 Å². The number of imide groups is 1. The number of carbonyl (C=O) groups is 3. The van der Waals surface area contributed by atoms with Crippen LogP contribution >= 0.6 is 0 Å². The van der Waals surface area contributed by atoms with Crippen molar-refractivity contribution < 1.29 is 14.4 Å². The van der Waals surface area contributed by atoms with E-state index in [0.717, 1.165) is 30.0 Å². The number of hydrogen-bond acceptors (Lipinski definition) is 5. The van der Waals surface area contributed by atoms with E-state index in [9.17, 15) is 19.6 Å². The number of nitrogens with zero attached hydrogens (tertiary/aromatic N) is 3. The summed E-state index contributed by atoms with van der Waals surface area (Å²) in [7, 11) is 1.33. The zero-order chi connectivity index (χ0) is 22.5. The van der Waals surface area contributed by atoms with Gasteiger partial charge in [-0.25, -0.2) is 0 Å². The van der Waals surface area contributed by atoms with Gasteiger partial charge in [-0.3, -0.25) is 19.3 Å². The molecule has 1 aromatic carbocycles. The van der Waals surface area contributed by atoms with E-state index in [1.54, 1.807) is 6.08 Å². The highest BCUT2D eigenvalue weighted by Gasteiger charge is 2.42. The predicted octanol–water partition coefficient (Wildman–Crippen LogP) is 2.45. The fourth-order valence-electron chi connectivity index (χ4n) is 4.69. The smallest absolute Gasteiger partial charge is 0.273 e. The summed E-state index contributed by atoms with van der Waals surface area (Å²) >= 11 is 0. The first-order chi connectivity index (χ1) is 14.7. The number of likely N-dealkylation sites (N-methyl/N-ethyl adjacent to an activating group) is 1. The quantitative estimate of drug-likeness (QED) is 0.590. The van der Waals surface area contributed by atoms with Gasteiger partial charge >= 0.3 is 0 Å². The summed E-state index contributed by atoms with van der Waals surface area (Å²) in [6.45, 7) is 6.45. The number of para-hydroxylation sites is 1. The van der Waals surface area contributed by atoms with Crippen LogP contribution in [0.1, 0.15) is 38.3 Å². The molecule has 158 valence electrons. The summed E-state index contributed by atoms with van der Waals surface area (Å²) in [5.74, 6) is -1.74. The standard InChI is InChI=1S/C24H24N4O3/c1-14(29)26-20-16(22(30)27(4)23(31)17(20)13-25)10-11-19-24(2,3)18-9-5-7-15-8-6-12-28(19)21(15)18/h5,7,9-11H,6,8,12H2,1-4H3,(H,26,29). The van der Waals surface area contributed by atoms with Crippen LogP contribution in [0.4, 0.5) is 5.69 Å². The van der Waals surface area contributed by atoms with E-state index in [0.29, 0.717) is 0 Å². The molecule has 0 spiro atoms. The summed E-state index contributed by atoms with van der Waals surface area (Å²) < 4.78 is 0. The van der Waals surface area contributed by atoms with Crippen molar-refractivity contribution in [2.75, 3.05) is 18.5 Å². The largest absolute Gasteiger partial charge is 0.344 e. The zero-order valence-electron chi connectivity index (χ0n) is 18.1. The van der Waals surface area contributed by atoms with Crippen LogP contribution in [0.25, 0.3) is 0 Å². The zero-order valence-corrected chi connectivity index (χ0v) is 18.1. The molecule has 0 bridgehead atoms. The summed E-state index contributed by atoms with van der Waals surface area (Å²) in [5.41, 5.74) is 4.39. The highest BCUT2D eigenvalue weighted by Crippen LogP contribution is 2.51. The molecule has 4 rings (SSSR count). The minimum Gasteiger partial charge on any atom is -0.344 e. The third kappa shape index (κ3) is 3.07. The third-order valence-corrected chi connectivity index (χ3v) is 6.22. The molecule has 3 heterocycles. The van der Waals surface area contributed by atoms with E-state index >= 15 is 0 Å². The molecule has 1 N–H and O–H groups in total. The fraction of sp³-hybridized carbons (Fsp3) is 0.333. The molecule has 0 saturated heterocycles. The van der Waals surface area contributed by atoms with Crippen LogP contribution in [-0.4, -0.2) is 36.2 Å². The molecular formula is C24H24N4O3. The minimum atomic E-state index is -0.727. The number of aryl methyl sites for hydroxylation is 1. The van der Waals surface area contributed by atoms with E-state index in [2.05, 4.69) is 42.3 Å². The van der Waals surface area contributed by atoms with Crippen molar-refractivity contribution in [3.63, 3.8) is 0 Å². The molecule has 1 aromatic rings. The van der Waals surface area contributed by atoms with Gasteiger partial charge in [0.25, 0.3) is 11.8 Å². The maximum absolute atomic E-state index is 12.9. The fourth-order valence-corrected chi connectivity index (χ4v) is 4.69. The molecule has 0 atom stereocenters. The number of carbonyl (C=O) groups excluding carboxylic acids is 3. The number of anilines is 1. The van der Waals surface area contributed by atoms with E-state index < -0.39 is 17.7 Å². The van der Waals surface area contributed by atoms with E-state index in [1.165, 1.54) is 30.8 Å². The van der Waals surface area contributed by atoms with Crippen molar-refractivity contribution in [1.82, 2.24) is 10.2 Å². The second kappa shape index (κ2) is 7.24. The Morgan fingerprint density at radius 1 is 1.23 bits per heavy atom. The number of allylic oxidation sites excluding steroid dienone is 3. The summed E-state index contributed by atoms with van der Waals surface area (Å²) in [5, 5.41) is 12.0. The average molecular weight is 416 g/mol. The van der Waals surface area contributed by atoms with Crippen LogP contribution in [0.2, 0.25) is 0 Å². The molecule has 0 unspecified atom stereocenters.